The van der Waals surface area contributed by atoms with Crippen molar-refractivity contribution >= 4 is 33.7 Å². The van der Waals surface area contributed by atoms with Crippen LogP contribution in [0.5, 0.6) is 0 Å². The van der Waals surface area contributed by atoms with Crippen molar-refractivity contribution in [1.29, 1.82) is 0 Å². The highest BCUT2D eigenvalue weighted by molar-refractivity contribution is 9.11. The number of halogens is 1. The van der Waals surface area contributed by atoms with Crippen LogP contribution in [0.4, 0.5) is 0 Å². The summed E-state index contributed by atoms with van der Waals surface area (Å²) in [5.74, 6) is -0.306. The second-order valence-electron chi connectivity index (χ2n) is 1.17. The zero-order chi connectivity index (χ0) is 7.28. The van der Waals surface area contributed by atoms with Gasteiger partial charge in [-0.25, -0.2) is 4.79 Å². The van der Waals surface area contributed by atoms with Crippen LogP contribution in [-0.4, -0.2) is 19.3 Å². The second kappa shape index (κ2) is 4.88. The van der Waals surface area contributed by atoms with Crippen molar-refractivity contribution in [2.24, 2.45) is 0 Å². The summed E-state index contributed by atoms with van der Waals surface area (Å²) >= 11 is 4.38. The molecule has 0 aromatic rings. The Morgan fingerprint density at radius 1 is 1.78 bits per heavy atom. The Hall–Kier alpha value is 0.0400. The van der Waals surface area contributed by atoms with Gasteiger partial charge >= 0.3 is 5.97 Å². The number of ether oxygens (including phenoxy) is 1. The minimum absolute atomic E-state index is 0.306. The summed E-state index contributed by atoms with van der Waals surface area (Å²) in [5.41, 5.74) is 0. The van der Waals surface area contributed by atoms with E-state index in [0.29, 0.717) is 4.91 Å². The summed E-state index contributed by atoms with van der Waals surface area (Å²) in [5, 5.41) is 0. The van der Waals surface area contributed by atoms with Gasteiger partial charge in [-0.3, -0.25) is 0 Å². The lowest BCUT2D eigenvalue weighted by Crippen LogP contribution is -2.00. The van der Waals surface area contributed by atoms with E-state index in [1.807, 2.05) is 6.26 Å². The van der Waals surface area contributed by atoms with Crippen LogP contribution in [0.3, 0.4) is 0 Å². The van der Waals surface area contributed by atoms with E-state index in [9.17, 15) is 4.79 Å². The van der Waals surface area contributed by atoms with E-state index in [0.717, 1.165) is 0 Å². The summed E-state index contributed by atoms with van der Waals surface area (Å²) in [6.45, 7) is 0. The lowest BCUT2D eigenvalue weighted by atomic mass is 10.6. The number of hydrogen-bond donors (Lipinski definition) is 0. The number of esters is 1. The van der Waals surface area contributed by atoms with Gasteiger partial charge in [-0.1, -0.05) is 15.9 Å². The first kappa shape index (κ1) is 9.04. The zero-order valence-electron chi connectivity index (χ0n) is 5.18. The second-order valence-corrected chi connectivity index (χ2v) is 2.47. The Morgan fingerprint density at radius 3 is 2.44 bits per heavy atom. The molecular formula is C5H7BrO2S. The molecule has 0 atom stereocenters. The van der Waals surface area contributed by atoms with E-state index in [4.69, 9.17) is 0 Å². The summed E-state index contributed by atoms with van der Waals surface area (Å²) in [7, 11) is 1.36. The monoisotopic (exact) mass is 210 g/mol. The third kappa shape index (κ3) is 2.91. The molecular weight excluding hydrogens is 204 g/mol. The maximum Gasteiger partial charge on any atom is 0.344 e. The molecule has 0 aliphatic carbocycles. The first-order valence-electron chi connectivity index (χ1n) is 2.19. The van der Waals surface area contributed by atoms with Gasteiger partial charge in [0.2, 0.25) is 0 Å². The normalized spacial score (nSPS) is 11.2. The van der Waals surface area contributed by atoms with Crippen LogP contribution in [0, 0.1) is 0 Å². The van der Waals surface area contributed by atoms with Gasteiger partial charge in [0.1, 0.15) is 0 Å². The first-order valence-corrected chi connectivity index (χ1v) is 4.33. The minimum atomic E-state index is -0.306. The van der Waals surface area contributed by atoms with E-state index < -0.39 is 0 Å². The number of rotatable bonds is 2. The van der Waals surface area contributed by atoms with Gasteiger partial charge in [0.05, 0.1) is 12.0 Å². The fourth-order valence-corrected chi connectivity index (χ4v) is 1.36. The van der Waals surface area contributed by atoms with Crippen molar-refractivity contribution in [3.8, 4) is 0 Å². The molecule has 0 fully saturated rings. The van der Waals surface area contributed by atoms with E-state index in [2.05, 4.69) is 20.7 Å². The predicted molar refractivity (Wildman–Crippen MR) is 42.5 cm³/mol. The molecule has 0 radical (unpaired) electrons. The van der Waals surface area contributed by atoms with Crippen molar-refractivity contribution in [3.63, 3.8) is 0 Å². The molecule has 0 unspecified atom stereocenters. The third-order valence-corrected chi connectivity index (χ3v) is 2.19. The van der Waals surface area contributed by atoms with E-state index in [-0.39, 0.29) is 5.97 Å². The first-order chi connectivity index (χ1) is 4.26. The van der Waals surface area contributed by atoms with Crippen molar-refractivity contribution in [2.75, 3.05) is 13.4 Å². The number of carbonyl (C=O) groups is 1. The lowest BCUT2D eigenvalue weighted by Gasteiger charge is -1.97. The largest absolute Gasteiger partial charge is 0.465 e. The highest BCUT2D eigenvalue weighted by Gasteiger charge is 2.04. The Balaban J connectivity index is 3.97. The molecule has 2 nitrogen and oxygen atoms in total. The fourth-order valence-electron chi connectivity index (χ4n) is 0.273. The van der Waals surface area contributed by atoms with E-state index >= 15 is 0 Å². The minimum Gasteiger partial charge on any atom is -0.465 e. The molecule has 0 rings (SSSR count). The molecule has 0 bridgehead atoms. The summed E-state index contributed by atoms with van der Waals surface area (Å²) in [6, 6.07) is 0. The Kier molecular flexibility index (Phi) is 4.90. The predicted octanol–water partition coefficient (Wildman–Crippen LogP) is 1.76. The summed E-state index contributed by atoms with van der Waals surface area (Å²) in [6.07, 6.45) is 1.81. The van der Waals surface area contributed by atoms with Gasteiger partial charge in [0, 0.05) is 4.99 Å². The molecule has 0 amide bonds. The lowest BCUT2D eigenvalue weighted by molar-refractivity contribution is -0.135. The molecule has 0 aliphatic rings. The van der Waals surface area contributed by atoms with Crippen LogP contribution >= 0.6 is 27.7 Å². The highest BCUT2D eigenvalue weighted by Crippen LogP contribution is 2.14. The Labute approximate surface area is 66.8 Å². The molecule has 0 heterocycles. The number of thioether (sulfide) groups is 1. The molecule has 0 aromatic carbocycles. The van der Waals surface area contributed by atoms with Crippen molar-refractivity contribution in [2.45, 2.75) is 0 Å². The van der Waals surface area contributed by atoms with Crippen LogP contribution < -0.4 is 0 Å². The average Bonchev–Trinajstić information content (AvgIpc) is 1.90. The quantitative estimate of drug-likeness (QED) is 0.514. The molecule has 0 N–H and O–H groups in total. The molecule has 4 heteroatoms. The molecule has 0 aromatic heterocycles. The SMILES string of the molecule is COC(=O)C(=CBr)SC. The zero-order valence-corrected chi connectivity index (χ0v) is 7.58. The summed E-state index contributed by atoms with van der Waals surface area (Å²) in [4.78, 5) is 12.7. The van der Waals surface area contributed by atoms with Gasteiger partial charge in [-0.15, -0.1) is 11.8 Å². The van der Waals surface area contributed by atoms with Crippen LogP contribution in [0.15, 0.2) is 9.89 Å². The topological polar surface area (TPSA) is 26.3 Å². The van der Waals surface area contributed by atoms with Crippen molar-refractivity contribution in [3.05, 3.63) is 9.89 Å². The smallest absolute Gasteiger partial charge is 0.344 e. The molecule has 9 heavy (non-hydrogen) atoms. The maximum absolute atomic E-state index is 10.6. The van der Waals surface area contributed by atoms with Gasteiger partial charge in [-0.05, 0) is 6.26 Å². The Morgan fingerprint density at radius 2 is 2.33 bits per heavy atom. The van der Waals surface area contributed by atoms with Gasteiger partial charge in [0.25, 0.3) is 0 Å². The van der Waals surface area contributed by atoms with Gasteiger partial charge in [-0.2, -0.15) is 0 Å². The maximum atomic E-state index is 10.6. The standard InChI is InChI=1S/C5H7BrO2S/c1-8-5(7)4(3-6)9-2/h3H,1-2H3. The van der Waals surface area contributed by atoms with Crippen LogP contribution in [-0.2, 0) is 9.53 Å². The van der Waals surface area contributed by atoms with Gasteiger partial charge < -0.3 is 4.74 Å². The molecule has 0 spiro atoms. The average molecular weight is 211 g/mol. The van der Waals surface area contributed by atoms with Crippen LogP contribution in [0.25, 0.3) is 0 Å². The molecule has 0 saturated carbocycles. The molecule has 0 saturated heterocycles. The number of methoxy groups -OCH3 is 1. The number of hydrogen-bond acceptors (Lipinski definition) is 3. The van der Waals surface area contributed by atoms with Gasteiger partial charge in [0.15, 0.2) is 0 Å². The third-order valence-electron chi connectivity index (χ3n) is 0.706. The fraction of sp³-hybridized carbons (Fsp3) is 0.400. The van der Waals surface area contributed by atoms with E-state index in [1.165, 1.54) is 18.9 Å². The van der Waals surface area contributed by atoms with Crippen molar-refractivity contribution < 1.29 is 9.53 Å². The highest BCUT2D eigenvalue weighted by atomic mass is 79.9. The van der Waals surface area contributed by atoms with Crippen molar-refractivity contribution in [1.82, 2.24) is 0 Å². The molecule has 52 valence electrons. The molecule has 0 aliphatic heterocycles. The summed E-state index contributed by atoms with van der Waals surface area (Å²) < 4.78 is 4.44. The van der Waals surface area contributed by atoms with Crippen LogP contribution in [0.1, 0.15) is 0 Å². The number of carbonyl (C=O) groups excluding carboxylic acids is 1. The Bertz CT molecular complexity index is 133. The van der Waals surface area contributed by atoms with E-state index in [1.54, 1.807) is 4.99 Å². The van der Waals surface area contributed by atoms with Crippen LogP contribution in [0.2, 0.25) is 0 Å².